The summed E-state index contributed by atoms with van der Waals surface area (Å²) in [6, 6.07) is 21.2. The highest BCUT2D eigenvalue weighted by Crippen LogP contribution is 2.25. The maximum absolute atomic E-state index is 4.82. The third kappa shape index (κ3) is 5.79. The summed E-state index contributed by atoms with van der Waals surface area (Å²) in [5, 5.41) is 13.0. The minimum Gasteiger partial charge on any atom is -0.357 e. The molecule has 2 heterocycles. The molecule has 0 spiro atoms. The quantitative estimate of drug-likeness (QED) is 0.323. The van der Waals surface area contributed by atoms with Gasteiger partial charge in [-0.3, -0.25) is 0 Å². The van der Waals surface area contributed by atoms with Crippen LogP contribution in [0.4, 0.5) is 0 Å². The van der Waals surface area contributed by atoms with Crippen LogP contribution in [0.2, 0.25) is 0 Å². The standard InChI is InChI=1S/C24H26N6S/c1-2-26-24(28-15-22-7-5-13-31-22)27-14-21-6-3-4-8-23(21)20-11-9-19(10-12-20)16-30-18-25-17-29-30/h3-13,17-18H,2,14-16H2,1H3,(H2,26,27,28). The lowest BCUT2D eigenvalue weighted by molar-refractivity contribution is 0.685. The van der Waals surface area contributed by atoms with Crippen LogP contribution in [0.15, 0.2) is 83.7 Å². The van der Waals surface area contributed by atoms with Crippen LogP contribution in [-0.2, 0) is 19.6 Å². The van der Waals surface area contributed by atoms with Crippen LogP contribution in [-0.4, -0.2) is 27.3 Å². The number of hydrogen-bond acceptors (Lipinski definition) is 4. The number of benzene rings is 2. The van der Waals surface area contributed by atoms with Crippen LogP contribution in [0.1, 0.15) is 22.9 Å². The first-order chi connectivity index (χ1) is 15.3. The highest BCUT2D eigenvalue weighted by Gasteiger charge is 2.06. The molecule has 0 aliphatic heterocycles. The Bertz CT molecular complexity index is 1090. The van der Waals surface area contributed by atoms with Crippen LogP contribution in [0.3, 0.4) is 0 Å². The highest BCUT2D eigenvalue weighted by molar-refractivity contribution is 7.09. The molecule has 2 N–H and O–H groups in total. The molecular formula is C24H26N6S. The largest absolute Gasteiger partial charge is 0.357 e. The number of aliphatic imine (C=N–C) groups is 1. The van der Waals surface area contributed by atoms with Gasteiger partial charge in [0.15, 0.2) is 5.96 Å². The van der Waals surface area contributed by atoms with E-state index in [9.17, 15) is 0 Å². The van der Waals surface area contributed by atoms with Gasteiger partial charge in [-0.2, -0.15) is 5.10 Å². The second-order valence-electron chi connectivity index (χ2n) is 7.08. The van der Waals surface area contributed by atoms with Gasteiger partial charge in [-0.15, -0.1) is 11.3 Å². The van der Waals surface area contributed by atoms with Gasteiger partial charge in [-0.1, -0.05) is 54.6 Å². The van der Waals surface area contributed by atoms with Crippen molar-refractivity contribution in [3.05, 3.63) is 94.7 Å². The Morgan fingerprint density at radius 1 is 1.03 bits per heavy atom. The van der Waals surface area contributed by atoms with Crippen LogP contribution in [0.5, 0.6) is 0 Å². The van der Waals surface area contributed by atoms with E-state index in [1.807, 2.05) is 4.68 Å². The fraction of sp³-hybridized carbons (Fsp3) is 0.208. The molecule has 0 saturated carbocycles. The lowest BCUT2D eigenvalue weighted by Crippen LogP contribution is -2.36. The van der Waals surface area contributed by atoms with Crippen molar-refractivity contribution in [2.75, 3.05) is 6.54 Å². The third-order valence-corrected chi connectivity index (χ3v) is 5.73. The van der Waals surface area contributed by atoms with Crippen molar-refractivity contribution in [1.29, 1.82) is 0 Å². The summed E-state index contributed by atoms with van der Waals surface area (Å²) in [6.07, 6.45) is 3.29. The molecule has 6 nitrogen and oxygen atoms in total. The summed E-state index contributed by atoms with van der Waals surface area (Å²) in [4.78, 5) is 10.1. The van der Waals surface area contributed by atoms with E-state index in [4.69, 9.17) is 4.99 Å². The molecule has 2 aromatic carbocycles. The van der Waals surface area contributed by atoms with E-state index in [0.29, 0.717) is 13.1 Å². The average molecular weight is 431 g/mol. The molecule has 0 aliphatic carbocycles. The maximum atomic E-state index is 4.82. The summed E-state index contributed by atoms with van der Waals surface area (Å²) >= 11 is 1.75. The van der Waals surface area contributed by atoms with Gasteiger partial charge in [0.25, 0.3) is 0 Å². The fourth-order valence-corrected chi connectivity index (χ4v) is 3.97. The first kappa shape index (κ1) is 20.8. The monoisotopic (exact) mass is 430 g/mol. The molecule has 7 heteroatoms. The molecule has 4 aromatic rings. The lowest BCUT2D eigenvalue weighted by atomic mass is 9.98. The van der Waals surface area contributed by atoms with Crippen molar-refractivity contribution in [1.82, 2.24) is 25.4 Å². The summed E-state index contributed by atoms with van der Waals surface area (Å²) in [6.45, 7) is 5.01. The van der Waals surface area contributed by atoms with Crippen molar-refractivity contribution < 1.29 is 0 Å². The Kier molecular flexibility index (Phi) is 7.08. The first-order valence-corrected chi connectivity index (χ1v) is 11.2. The maximum Gasteiger partial charge on any atom is 0.191 e. The lowest BCUT2D eigenvalue weighted by Gasteiger charge is -2.12. The summed E-state index contributed by atoms with van der Waals surface area (Å²) in [5.41, 5.74) is 4.77. The molecule has 0 fully saturated rings. The Morgan fingerprint density at radius 3 is 2.65 bits per heavy atom. The Hall–Kier alpha value is -3.45. The van der Waals surface area contributed by atoms with Gasteiger partial charge < -0.3 is 10.6 Å². The number of aromatic nitrogens is 3. The van der Waals surface area contributed by atoms with E-state index in [0.717, 1.165) is 19.0 Å². The molecule has 4 rings (SSSR count). The van der Waals surface area contributed by atoms with Crippen molar-refractivity contribution in [2.45, 2.75) is 26.6 Å². The number of nitrogens with zero attached hydrogens (tertiary/aromatic N) is 4. The second-order valence-corrected chi connectivity index (χ2v) is 8.11. The summed E-state index contributed by atoms with van der Waals surface area (Å²) < 4.78 is 1.82. The SMILES string of the molecule is CCNC(=NCc1ccccc1-c1ccc(Cn2cncn2)cc1)NCc1cccs1. The van der Waals surface area contributed by atoms with Gasteiger partial charge in [0.2, 0.25) is 0 Å². The van der Waals surface area contributed by atoms with Gasteiger partial charge in [-0.25, -0.2) is 14.7 Å². The van der Waals surface area contributed by atoms with E-state index in [1.165, 1.54) is 27.1 Å². The molecule has 0 saturated heterocycles. The number of guanidine groups is 1. The van der Waals surface area contributed by atoms with E-state index >= 15 is 0 Å². The zero-order valence-corrected chi connectivity index (χ0v) is 18.3. The normalized spacial score (nSPS) is 11.5. The van der Waals surface area contributed by atoms with Crippen molar-refractivity contribution in [3.63, 3.8) is 0 Å². The molecule has 0 atom stereocenters. The molecule has 158 valence electrons. The minimum atomic E-state index is 0.608. The summed E-state index contributed by atoms with van der Waals surface area (Å²) in [7, 11) is 0. The molecule has 2 aromatic heterocycles. The molecule has 0 unspecified atom stereocenters. The van der Waals surface area contributed by atoms with Gasteiger partial charge in [-0.05, 0) is 40.6 Å². The fourth-order valence-electron chi connectivity index (χ4n) is 3.32. The van der Waals surface area contributed by atoms with Crippen LogP contribution < -0.4 is 10.6 Å². The Balaban J connectivity index is 1.47. The van der Waals surface area contributed by atoms with Crippen LogP contribution in [0, 0.1) is 0 Å². The topological polar surface area (TPSA) is 67.1 Å². The third-order valence-electron chi connectivity index (χ3n) is 4.86. The summed E-state index contributed by atoms with van der Waals surface area (Å²) in [5.74, 6) is 0.828. The number of thiophene rings is 1. The van der Waals surface area contributed by atoms with Gasteiger partial charge >= 0.3 is 0 Å². The van der Waals surface area contributed by atoms with Gasteiger partial charge in [0.05, 0.1) is 19.6 Å². The van der Waals surface area contributed by atoms with Crippen LogP contribution in [0.25, 0.3) is 11.1 Å². The predicted molar refractivity (Wildman–Crippen MR) is 127 cm³/mol. The molecule has 31 heavy (non-hydrogen) atoms. The number of rotatable bonds is 8. The van der Waals surface area contributed by atoms with Gasteiger partial charge in [0, 0.05) is 11.4 Å². The van der Waals surface area contributed by atoms with E-state index < -0.39 is 0 Å². The number of nitrogens with one attached hydrogen (secondary N) is 2. The smallest absolute Gasteiger partial charge is 0.191 e. The van der Waals surface area contributed by atoms with E-state index in [1.54, 1.807) is 24.0 Å². The Labute approximate surface area is 186 Å². The highest BCUT2D eigenvalue weighted by atomic mass is 32.1. The van der Waals surface area contributed by atoms with Gasteiger partial charge in [0.1, 0.15) is 12.7 Å². The zero-order chi connectivity index (χ0) is 21.3. The molecule has 0 amide bonds. The molecule has 0 aliphatic rings. The predicted octanol–water partition coefficient (Wildman–Crippen LogP) is 4.31. The van der Waals surface area contributed by atoms with Crippen LogP contribution >= 0.6 is 11.3 Å². The van der Waals surface area contributed by atoms with Crippen molar-refractivity contribution in [2.24, 2.45) is 4.99 Å². The van der Waals surface area contributed by atoms with E-state index in [2.05, 4.69) is 93.7 Å². The average Bonchev–Trinajstić information content (AvgIpc) is 3.51. The zero-order valence-electron chi connectivity index (χ0n) is 17.5. The molecule has 0 bridgehead atoms. The molecule has 0 radical (unpaired) electrons. The Morgan fingerprint density at radius 2 is 1.90 bits per heavy atom. The van der Waals surface area contributed by atoms with Crippen molar-refractivity contribution in [3.8, 4) is 11.1 Å². The first-order valence-electron chi connectivity index (χ1n) is 10.4. The second kappa shape index (κ2) is 10.5. The minimum absolute atomic E-state index is 0.608. The molecular weight excluding hydrogens is 404 g/mol. The van der Waals surface area contributed by atoms with Crippen molar-refractivity contribution >= 4 is 17.3 Å². The number of hydrogen-bond donors (Lipinski definition) is 2. The van der Waals surface area contributed by atoms with E-state index in [-0.39, 0.29) is 0 Å².